The Bertz CT molecular complexity index is 1200. The van der Waals surface area contributed by atoms with E-state index in [1.807, 2.05) is 86.6 Å². The van der Waals surface area contributed by atoms with Crippen molar-refractivity contribution in [1.82, 2.24) is 15.5 Å². The molecule has 0 bridgehead atoms. The molecule has 0 spiro atoms. The fourth-order valence-corrected chi connectivity index (χ4v) is 5.04. The van der Waals surface area contributed by atoms with Crippen LogP contribution in [-0.4, -0.2) is 47.9 Å². The summed E-state index contributed by atoms with van der Waals surface area (Å²) < 4.78 is 5.90. The summed E-state index contributed by atoms with van der Waals surface area (Å²) in [7, 11) is 0. The number of hydrogen-bond donors (Lipinski definition) is 3. The quantitative estimate of drug-likeness (QED) is 0.303. The Morgan fingerprint density at radius 2 is 1.55 bits per heavy atom. The molecule has 212 valence electrons. The fraction of sp³-hybridized carbons (Fsp3) is 0.394. The Kier molecular flexibility index (Phi) is 10.7. The topological polar surface area (TPSA) is 96.7 Å². The van der Waals surface area contributed by atoms with Crippen molar-refractivity contribution in [2.24, 2.45) is 11.7 Å². The van der Waals surface area contributed by atoms with Crippen LogP contribution in [0, 0.1) is 5.92 Å². The molecule has 1 aliphatic heterocycles. The van der Waals surface area contributed by atoms with Crippen LogP contribution in [0.25, 0.3) is 0 Å². The number of hydrogen-bond acceptors (Lipinski definition) is 5. The van der Waals surface area contributed by atoms with Gasteiger partial charge in [-0.25, -0.2) is 0 Å². The van der Waals surface area contributed by atoms with E-state index in [1.54, 1.807) is 0 Å². The Labute approximate surface area is 238 Å². The maximum Gasteiger partial charge on any atom is 0.243 e. The third-order valence-corrected chi connectivity index (χ3v) is 7.17. The van der Waals surface area contributed by atoms with Crippen molar-refractivity contribution in [3.63, 3.8) is 0 Å². The lowest BCUT2D eigenvalue weighted by molar-refractivity contribution is -0.130. The second kappa shape index (κ2) is 14.6. The van der Waals surface area contributed by atoms with Crippen molar-refractivity contribution in [3.8, 4) is 5.75 Å². The molecule has 7 nitrogen and oxygen atoms in total. The highest BCUT2D eigenvalue weighted by Gasteiger charge is 2.29. The number of carbonyl (C=O) groups is 2. The van der Waals surface area contributed by atoms with Crippen LogP contribution in [0.4, 0.5) is 0 Å². The van der Waals surface area contributed by atoms with Crippen molar-refractivity contribution in [2.45, 2.75) is 64.4 Å². The van der Waals surface area contributed by atoms with Gasteiger partial charge >= 0.3 is 0 Å². The van der Waals surface area contributed by atoms with E-state index in [2.05, 4.69) is 27.7 Å². The number of benzene rings is 3. The maximum absolute atomic E-state index is 13.5. The van der Waals surface area contributed by atoms with Crippen molar-refractivity contribution in [2.75, 3.05) is 13.1 Å². The summed E-state index contributed by atoms with van der Waals surface area (Å²) in [5, 5.41) is 6.12. The Morgan fingerprint density at radius 3 is 2.20 bits per heavy atom. The van der Waals surface area contributed by atoms with Crippen molar-refractivity contribution in [3.05, 3.63) is 102 Å². The van der Waals surface area contributed by atoms with Gasteiger partial charge in [-0.3, -0.25) is 14.5 Å². The van der Waals surface area contributed by atoms with Gasteiger partial charge in [-0.05, 0) is 47.6 Å². The predicted octanol–water partition coefficient (Wildman–Crippen LogP) is 4.06. The van der Waals surface area contributed by atoms with E-state index in [0.29, 0.717) is 19.4 Å². The average Bonchev–Trinajstić information content (AvgIpc) is 3.39. The fourth-order valence-electron chi connectivity index (χ4n) is 5.04. The molecule has 4 N–H and O–H groups in total. The summed E-state index contributed by atoms with van der Waals surface area (Å²) in [5.74, 6) is 0.557. The number of carbonyl (C=O) groups excluding carboxylic acids is 2. The maximum atomic E-state index is 13.5. The van der Waals surface area contributed by atoms with Crippen LogP contribution in [0.15, 0.2) is 84.9 Å². The van der Waals surface area contributed by atoms with Gasteiger partial charge in [0.25, 0.3) is 0 Å². The van der Waals surface area contributed by atoms with Crippen molar-refractivity contribution < 1.29 is 14.3 Å². The van der Waals surface area contributed by atoms with Crippen molar-refractivity contribution >= 4 is 11.8 Å². The van der Waals surface area contributed by atoms with Gasteiger partial charge in [-0.1, -0.05) is 86.6 Å². The highest BCUT2D eigenvalue weighted by molar-refractivity contribution is 5.90. The highest BCUT2D eigenvalue weighted by Crippen LogP contribution is 2.17. The molecule has 3 atom stereocenters. The smallest absolute Gasteiger partial charge is 0.243 e. The molecule has 7 heteroatoms. The number of ether oxygens (including phenoxy) is 1. The van der Waals surface area contributed by atoms with E-state index in [9.17, 15) is 9.59 Å². The monoisotopic (exact) mass is 542 g/mol. The second-order valence-corrected chi connectivity index (χ2v) is 11.1. The number of amides is 2. The highest BCUT2D eigenvalue weighted by atomic mass is 16.5. The summed E-state index contributed by atoms with van der Waals surface area (Å²) in [5.41, 5.74) is 9.44. The lowest BCUT2D eigenvalue weighted by Crippen LogP contribution is -2.54. The minimum atomic E-state index is -0.718. The molecule has 0 saturated carbocycles. The average molecular weight is 543 g/mol. The van der Waals surface area contributed by atoms with E-state index in [0.717, 1.165) is 42.9 Å². The molecule has 1 heterocycles. The van der Waals surface area contributed by atoms with Gasteiger partial charge in [0.1, 0.15) is 18.4 Å². The van der Waals surface area contributed by atoms with Crippen molar-refractivity contribution in [1.29, 1.82) is 0 Å². The molecule has 0 aromatic heterocycles. The first kappa shape index (κ1) is 29.3. The van der Waals surface area contributed by atoms with E-state index >= 15 is 0 Å². The summed E-state index contributed by atoms with van der Waals surface area (Å²) in [4.78, 5) is 28.7. The molecule has 3 aromatic carbocycles. The number of nitrogens with two attached hydrogens (primary N) is 1. The van der Waals surface area contributed by atoms with Crippen LogP contribution in [0.5, 0.6) is 5.75 Å². The van der Waals surface area contributed by atoms with E-state index in [1.165, 1.54) is 5.56 Å². The summed E-state index contributed by atoms with van der Waals surface area (Å²) >= 11 is 0. The zero-order valence-corrected chi connectivity index (χ0v) is 23.6. The zero-order valence-electron chi connectivity index (χ0n) is 23.6. The number of nitrogens with one attached hydrogen (secondary N) is 2. The molecule has 1 saturated heterocycles. The molecule has 40 heavy (non-hydrogen) atoms. The molecular formula is C33H42N4O3. The SMILES string of the molecule is CC(C)C[C@H](N)C(=O)N[C@@H](Cc1ccc(OCc2ccccc2)cc1)C(=O)N[C@H]1CCN(Cc2ccccc2)C1. The van der Waals surface area contributed by atoms with Crippen LogP contribution >= 0.6 is 0 Å². The number of nitrogens with zero attached hydrogens (tertiary/aromatic N) is 1. The summed E-state index contributed by atoms with van der Waals surface area (Å²) in [6.45, 7) is 7.09. The molecule has 0 aliphatic carbocycles. The molecule has 1 aliphatic rings. The van der Waals surface area contributed by atoms with Gasteiger partial charge in [0.2, 0.25) is 11.8 Å². The first-order valence-electron chi connectivity index (χ1n) is 14.2. The van der Waals surface area contributed by atoms with Crippen LogP contribution in [0.3, 0.4) is 0 Å². The van der Waals surface area contributed by atoms with Crippen LogP contribution < -0.4 is 21.1 Å². The van der Waals surface area contributed by atoms with Crippen LogP contribution in [0.1, 0.15) is 43.4 Å². The minimum Gasteiger partial charge on any atom is -0.489 e. The Balaban J connectivity index is 1.36. The largest absolute Gasteiger partial charge is 0.489 e. The number of likely N-dealkylation sites (tertiary alicyclic amines) is 1. The summed E-state index contributed by atoms with van der Waals surface area (Å²) in [6.07, 6.45) is 1.80. The third-order valence-electron chi connectivity index (χ3n) is 7.17. The molecule has 0 radical (unpaired) electrons. The molecule has 0 unspecified atom stereocenters. The number of rotatable bonds is 13. The summed E-state index contributed by atoms with van der Waals surface area (Å²) in [6, 6.07) is 26.7. The standard InChI is InChI=1S/C33H42N4O3/c1-24(2)19-30(34)32(38)36-31(20-25-13-15-29(16-14-25)40-23-27-11-7-4-8-12-27)33(39)35-28-17-18-37(22-28)21-26-9-5-3-6-10-26/h3-16,24,28,30-31H,17-23,34H2,1-2H3,(H,35,39)(H,36,38)/t28-,30-,31-/m0/s1. The Morgan fingerprint density at radius 1 is 0.900 bits per heavy atom. The van der Waals surface area contributed by atoms with Gasteiger partial charge < -0.3 is 21.1 Å². The molecule has 1 fully saturated rings. The molecular weight excluding hydrogens is 500 g/mol. The predicted molar refractivity (Wildman–Crippen MR) is 159 cm³/mol. The van der Waals surface area contributed by atoms with Gasteiger partial charge in [-0.2, -0.15) is 0 Å². The molecule has 4 rings (SSSR count). The second-order valence-electron chi connectivity index (χ2n) is 11.1. The molecule has 3 aromatic rings. The molecule has 2 amide bonds. The lowest BCUT2D eigenvalue weighted by atomic mass is 10.0. The van der Waals surface area contributed by atoms with E-state index < -0.39 is 12.1 Å². The van der Waals surface area contributed by atoms with Crippen LogP contribution in [0.2, 0.25) is 0 Å². The van der Waals surface area contributed by atoms with Gasteiger partial charge in [0, 0.05) is 32.1 Å². The van der Waals surface area contributed by atoms with Gasteiger partial charge in [0.05, 0.1) is 6.04 Å². The van der Waals surface area contributed by atoms with Gasteiger partial charge in [-0.15, -0.1) is 0 Å². The van der Waals surface area contributed by atoms with Crippen LogP contribution in [-0.2, 0) is 29.2 Å². The minimum absolute atomic E-state index is 0.0358. The van der Waals surface area contributed by atoms with Gasteiger partial charge in [0.15, 0.2) is 0 Å². The van der Waals surface area contributed by atoms with E-state index in [-0.39, 0.29) is 23.8 Å². The third kappa shape index (κ3) is 9.21. The normalized spacial score (nSPS) is 16.9. The first-order chi connectivity index (χ1) is 19.4. The Hall–Kier alpha value is -3.68. The zero-order chi connectivity index (χ0) is 28.3. The first-order valence-corrected chi connectivity index (χ1v) is 14.2. The lowest BCUT2D eigenvalue weighted by Gasteiger charge is -2.24. The van der Waals surface area contributed by atoms with E-state index in [4.69, 9.17) is 10.5 Å².